The van der Waals surface area contributed by atoms with E-state index >= 15 is 0 Å². The van der Waals surface area contributed by atoms with E-state index in [1.807, 2.05) is 32.0 Å². The van der Waals surface area contributed by atoms with Gasteiger partial charge in [-0.1, -0.05) is 13.3 Å². The minimum Gasteiger partial charge on any atom is -0.508 e. The number of nitrogens with two attached hydrogens (primary N) is 1. The molecule has 1 amide bonds. The summed E-state index contributed by atoms with van der Waals surface area (Å²) in [6.07, 6.45) is 2.19. The first-order valence-electron chi connectivity index (χ1n) is 12.5. The number of aliphatic hydroxyl groups excluding tert-OH is 2. The van der Waals surface area contributed by atoms with Crippen molar-refractivity contribution in [3.63, 3.8) is 0 Å². The van der Waals surface area contributed by atoms with Crippen LogP contribution >= 0.6 is 0 Å². The lowest BCUT2D eigenvalue weighted by Crippen LogP contribution is -2.65. The average molecular weight is 514 g/mol. The molecule has 0 aromatic heterocycles. The Labute approximate surface area is 216 Å². The molecule has 0 radical (unpaired) electrons. The normalized spacial score (nSPS) is 27.2. The van der Waals surface area contributed by atoms with Crippen molar-refractivity contribution in [2.45, 2.75) is 44.2 Å². The van der Waals surface area contributed by atoms with E-state index in [0.29, 0.717) is 24.3 Å². The average Bonchev–Trinajstić information content (AvgIpc) is 2.81. The van der Waals surface area contributed by atoms with Crippen molar-refractivity contribution in [3.05, 3.63) is 40.2 Å². The largest absolute Gasteiger partial charge is 0.508 e. The summed E-state index contributed by atoms with van der Waals surface area (Å²) in [4.78, 5) is 42.7. The van der Waals surface area contributed by atoms with Crippen LogP contribution in [0, 0.1) is 11.8 Å². The Morgan fingerprint density at radius 3 is 2.43 bits per heavy atom. The number of Topliss-reactive ketones (excluding diaryl/α,β-unsaturated/α-hetero) is 2. The first kappa shape index (κ1) is 26.7. The molecule has 0 spiro atoms. The van der Waals surface area contributed by atoms with Crippen LogP contribution in [0.2, 0.25) is 0 Å². The number of benzene rings is 1. The summed E-state index contributed by atoms with van der Waals surface area (Å²) >= 11 is 0. The molecule has 1 aromatic carbocycles. The maximum atomic E-state index is 14.0. The van der Waals surface area contributed by atoms with Crippen LogP contribution in [0.4, 0.5) is 5.69 Å². The van der Waals surface area contributed by atoms with Crippen LogP contribution in [0.3, 0.4) is 0 Å². The third-order valence-electron chi connectivity index (χ3n) is 7.80. The second-order valence-corrected chi connectivity index (χ2v) is 10.5. The van der Waals surface area contributed by atoms with Crippen molar-refractivity contribution >= 4 is 28.9 Å². The first-order chi connectivity index (χ1) is 17.4. The van der Waals surface area contributed by atoms with Gasteiger partial charge in [0.05, 0.1) is 18.2 Å². The number of hydrogen-bond acceptors (Lipinski definition) is 9. The van der Waals surface area contributed by atoms with Crippen molar-refractivity contribution in [2.24, 2.45) is 17.6 Å². The van der Waals surface area contributed by atoms with Crippen LogP contribution in [0.25, 0.3) is 5.76 Å². The van der Waals surface area contributed by atoms with Crippen LogP contribution < -0.4 is 15.4 Å². The van der Waals surface area contributed by atoms with Gasteiger partial charge in [0.1, 0.15) is 22.8 Å². The lowest BCUT2D eigenvalue weighted by molar-refractivity contribution is -0.153. The molecule has 10 heteroatoms. The van der Waals surface area contributed by atoms with Crippen LogP contribution in [0.1, 0.15) is 37.3 Å². The van der Waals surface area contributed by atoms with Crippen molar-refractivity contribution in [1.29, 1.82) is 0 Å². The highest BCUT2D eigenvalue weighted by Gasteiger charge is 2.64. The molecule has 1 fully saturated rings. The van der Waals surface area contributed by atoms with E-state index in [1.165, 1.54) is 4.90 Å². The van der Waals surface area contributed by atoms with Crippen molar-refractivity contribution in [2.75, 3.05) is 39.7 Å². The third-order valence-corrected chi connectivity index (χ3v) is 7.80. The second-order valence-electron chi connectivity index (χ2n) is 10.5. The summed E-state index contributed by atoms with van der Waals surface area (Å²) in [5, 5.41) is 34.2. The molecule has 4 rings (SSSR count). The predicted molar refractivity (Wildman–Crippen MR) is 137 cm³/mol. The molecule has 5 N–H and O–H groups in total. The van der Waals surface area contributed by atoms with Gasteiger partial charge >= 0.3 is 0 Å². The van der Waals surface area contributed by atoms with Gasteiger partial charge in [-0.2, -0.15) is 0 Å². The molecule has 1 saturated carbocycles. The van der Waals surface area contributed by atoms with Gasteiger partial charge < -0.3 is 30.7 Å². The minimum absolute atomic E-state index is 0.0512. The molecule has 200 valence electrons. The summed E-state index contributed by atoms with van der Waals surface area (Å²) in [5.74, 6) is -5.47. The Hall–Kier alpha value is -3.37. The monoisotopic (exact) mass is 513 g/mol. The van der Waals surface area contributed by atoms with Crippen molar-refractivity contribution in [3.8, 4) is 5.75 Å². The number of unbranched alkanes of at least 4 members (excludes halogenated alkanes) is 1. The number of ketones is 2. The number of fused-ring (bicyclic) bond motifs is 3. The molecule has 1 aromatic rings. The number of carbonyl (C=O) groups excluding carboxylic acids is 3. The maximum absolute atomic E-state index is 14.0. The maximum Gasteiger partial charge on any atom is 0.255 e. The Morgan fingerprint density at radius 1 is 1.19 bits per heavy atom. The number of rotatable bonds is 7. The molecule has 37 heavy (non-hydrogen) atoms. The Bertz CT molecular complexity index is 1230. The molecular formula is C27H35N3O7. The molecule has 3 aliphatic carbocycles. The van der Waals surface area contributed by atoms with E-state index in [0.717, 1.165) is 24.1 Å². The summed E-state index contributed by atoms with van der Waals surface area (Å²) in [7, 11) is 6.95. The van der Waals surface area contributed by atoms with Crippen molar-refractivity contribution in [1.82, 2.24) is 4.90 Å². The lowest BCUT2D eigenvalue weighted by atomic mass is 9.57. The number of hydrogen-bond donors (Lipinski definition) is 4. The number of nitrogens with zero attached hydrogens (tertiary/aromatic N) is 2. The van der Waals surface area contributed by atoms with Gasteiger partial charge in [-0.15, -0.1) is 0 Å². The fourth-order valence-corrected chi connectivity index (χ4v) is 6.08. The number of anilines is 1. The summed E-state index contributed by atoms with van der Waals surface area (Å²) in [5.41, 5.74) is 3.96. The van der Waals surface area contributed by atoms with Gasteiger partial charge in [-0.25, -0.2) is 0 Å². The minimum atomic E-state index is -2.59. The summed E-state index contributed by atoms with van der Waals surface area (Å²) in [6, 6.07) is 2.57. The van der Waals surface area contributed by atoms with Gasteiger partial charge in [0.15, 0.2) is 11.4 Å². The smallest absolute Gasteiger partial charge is 0.255 e. The van der Waals surface area contributed by atoms with Crippen molar-refractivity contribution < 1.29 is 34.4 Å². The van der Waals surface area contributed by atoms with Gasteiger partial charge in [-0.3, -0.25) is 19.3 Å². The quantitative estimate of drug-likeness (QED) is 0.314. The fraction of sp³-hybridized carbons (Fsp3) is 0.519. The van der Waals surface area contributed by atoms with Crippen LogP contribution in [-0.4, -0.2) is 84.1 Å². The van der Waals surface area contributed by atoms with Crippen LogP contribution in [-0.2, 0) is 20.8 Å². The first-order valence-corrected chi connectivity index (χ1v) is 12.5. The molecule has 3 aliphatic rings. The number of carbonyl (C=O) groups is 3. The van der Waals surface area contributed by atoms with Gasteiger partial charge in [0, 0.05) is 31.3 Å². The number of aliphatic hydroxyl groups is 3. The molecule has 1 unspecified atom stereocenters. The molecule has 0 bridgehead atoms. The lowest BCUT2D eigenvalue weighted by Gasteiger charge is -2.50. The standard InChI is InChI=1S/C27H35N3O7/c1-6-7-10-37-17-9-8-16(29(2)3)14-11-13-12-15-21(30(4)5)23(32)20(26(28)35)25(34)27(15,36)24(33)18(13)22(31)19(14)17/h8-9,13,15,21,31,34,36H,6-7,10-12H2,1-5H3,(H2,28,35)/t13-,15-,21-,27?/m0/s1. The molecule has 0 heterocycles. The SMILES string of the molecule is CCCCOc1ccc(N(C)C)c2c1C(O)=C1C(=O)C3(O)C(O)=C(C(N)=O)C(=O)[C@@H](N(C)C)[C@@H]3C[C@@H]1C2. The van der Waals surface area contributed by atoms with E-state index in [4.69, 9.17) is 10.5 Å². The molecular weight excluding hydrogens is 478 g/mol. The number of likely N-dealkylation sites (N-methyl/N-ethyl adjacent to an activating group) is 1. The summed E-state index contributed by atoms with van der Waals surface area (Å²) < 4.78 is 5.97. The van der Waals surface area contributed by atoms with E-state index in [-0.39, 0.29) is 17.8 Å². The zero-order chi connectivity index (χ0) is 27.4. The van der Waals surface area contributed by atoms with E-state index < -0.39 is 52.3 Å². The molecule has 0 saturated heterocycles. The molecule has 4 atom stereocenters. The zero-order valence-electron chi connectivity index (χ0n) is 21.9. The van der Waals surface area contributed by atoms with Gasteiger partial charge in [0.25, 0.3) is 5.91 Å². The van der Waals surface area contributed by atoms with E-state index in [9.17, 15) is 29.7 Å². The topological polar surface area (TPSA) is 154 Å². The molecule has 0 aliphatic heterocycles. The third kappa shape index (κ3) is 3.90. The molecule has 10 nitrogen and oxygen atoms in total. The highest BCUT2D eigenvalue weighted by molar-refractivity contribution is 6.24. The second kappa shape index (κ2) is 9.50. The van der Waals surface area contributed by atoms with Crippen LogP contribution in [0.15, 0.2) is 29.0 Å². The van der Waals surface area contributed by atoms with E-state index in [1.54, 1.807) is 20.2 Å². The predicted octanol–water partition coefficient (Wildman–Crippen LogP) is 1.50. The number of primary amides is 1. The Kier molecular flexibility index (Phi) is 6.85. The van der Waals surface area contributed by atoms with Crippen LogP contribution in [0.5, 0.6) is 5.75 Å². The van der Waals surface area contributed by atoms with E-state index in [2.05, 4.69) is 0 Å². The van der Waals surface area contributed by atoms with Gasteiger partial charge in [0.2, 0.25) is 5.78 Å². The Balaban J connectivity index is 1.95. The van der Waals surface area contributed by atoms with Gasteiger partial charge in [-0.05, 0) is 57.0 Å². The summed E-state index contributed by atoms with van der Waals surface area (Å²) in [6.45, 7) is 2.46. The highest BCUT2D eigenvalue weighted by Crippen LogP contribution is 2.53. The Morgan fingerprint density at radius 2 is 1.86 bits per heavy atom. The fourth-order valence-electron chi connectivity index (χ4n) is 6.08. The number of ether oxygens (including phenoxy) is 1. The highest BCUT2D eigenvalue weighted by atomic mass is 16.5. The zero-order valence-corrected chi connectivity index (χ0v) is 21.9. The number of amides is 1.